The van der Waals surface area contributed by atoms with Gasteiger partial charge >= 0.3 is 0 Å². The van der Waals surface area contributed by atoms with Gasteiger partial charge in [0.2, 0.25) is 11.1 Å². The number of thiophene rings is 1. The molecular formula is C13H15N5O3S2. The van der Waals surface area contributed by atoms with E-state index >= 15 is 0 Å². The minimum atomic E-state index is -0.385. The second-order valence-electron chi connectivity index (χ2n) is 4.92. The third-order valence-corrected chi connectivity index (χ3v) is 5.06. The fourth-order valence-electron chi connectivity index (χ4n) is 2.16. The Hall–Kier alpha value is -1.78. The smallest absolute Gasteiger partial charge is 0.267 e. The number of rotatable bonds is 6. The predicted octanol–water partition coefficient (Wildman–Crippen LogP) is 0.962. The molecule has 1 fully saturated rings. The lowest BCUT2D eigenvalue weighted by atomic mass is 10.2. The van der Waals surface area contributed by atoms with Crippen LogP contribution in [-0.2, 0) is 16.1 Å². The molecule has 0 unspecified atom stereocenters. The van der Waals surface area contributed by atoms with Gasteiger partial charge in [0.15, 0.2) is 0 Å². The van der Waals surface area contributed by atoms with Crippen LogP contribution in [0.2, 0.25) is 0 Å². The highest BCUT2D eigenvalue weighted by atomic mass is 32.2. The van der Waals surface area contributed by atoms with E-state index in [1.54, 1.807) is 22.2 Å². The summed E-state index contributed by atoms with van der Waals surface area (Å²) in [6, 6.07) is 3.43. The number of nitrogens with one attached hydrogen (secondary N) is 1. The molecular weight excluding hydrogens is 338 g/mol. The Morgan fingerprint density at radius 1 is 1.52 bits per heavy atom. The van der Waals surface area contributed by atoms with Gasteiger partial charge in [-0.1, -0.05) is 17.8 Å². The molecule has 1 aliphatic rings. The molecule has 10 heteroatoms. The first-order valence-electron chi connectivity index (χ1n) is 7.10. The largest absolute Gasteiger partial charge is 0.376 e. The van der Waals surface area contributed by atoms with Crippen LogP contribution in [0.4, 0.5) is 0 Å². The summed E-state index contributed by atoms with van der Waals surface area (Å²) in [4.78, 5) is 24.1. The van der Waals surface area contributed by atoms with Crippen molar-refractivity contribution < 1.29 is 14.3 Å². The van der Waals surface area contributed by atoms with Crippen LogP contribution in [-0.4, -0.2) is 50.5 Å². The molecule has 0 aliphatic carbocycles. The summed E-state index contributed by atoms with van der Waals surface area (Å²) in [6.45, 7) is 1.34. The molecule has 1 atom stereocenters. The summed E-state index contributed by atoms with van der Waals surface area (Å²) in [5, 5.41) is 16.1. The molecule has 23 heavy (non-hydrogen) atoms. The lowest BCUT2D eigenvalue weighted by Gasteiger charge is -2.09. The van der Waals surface area contributed by atoms with Crippen LogP contribution in [0.1, 0.15) is 22.5 Å². The molecule has 1 N–H and O–H groups in total. The molecule has 0 aromatic carbocycles. The minimum absolute atomic E-state index is 0.0724. The SMILES string of the molecule is O=C(CSc1nnnn1C[C@@H]1CCCO1)NC(=O)c1cccs1. The number of aromatic nitrogens is 4. The molecule has 2 amide bonds. The molecule has 122 valence electrons. The van der Waals surface area contributed by atoms with E-state index in [2.05, 4.69) is 20.8 Å². The van der Waals surface area contributed by atoms with Crippen LogP contribution in [0, 0.1) is 0 Å². The first-order valence-corrected chi connectivity index (χ1v) is 8.97. The lowest BCUT2D eigenvalue weighted by Crippen LogP contribution is -2.31. The Labute approximate surface area is 140 Å². The van der Waals surface area contributed by atoms with Crippen molar-refractivity contribution in [1.82, 2.24) is 25.5 Å². The van der Waals surface area contributed by atoms with Gasteiger partial charge in [-0.3, -0.25) is 14.9 Å². The normalized spacial score (nSPS) is 17.3. The quantitative estimate of drug-likeness (QED) is 0.772. The summed E-state index contributed by atoms with van der Waals surface area (Å²) in [6.07, 6.45) is 2.15. The number of carbonyl (C=O) groups excluding carboxylic acids is 2. The highest BCUT2D eigenvalue weighted by molar-refractivity contribution is 7.99. The van der Waals surface area contributed by atoms with Crippen molar-refractivity contribution in [3.63, 3.8) is 0 Å². The van der Waals surface area contributed by atoms with E-state index in [9.17, 15) is 9.59 Å². The number of tetrazole rings is 1. The van der Waals surface area contributed by atoms with E-state index in [0.717, 1.165) is 19.4 Å². The summed E-state index contributed by atoms with van der Waals surface area (Å²) in [5.41, 5.74) is 0. The number of hydrogen-bond acceptors (Lipinski definition) is 8. The Kier molecular flexibility index (Phi) is 5.36. The molecule has 0 bridgehead atoms. The molecule has 0 radical (unpaired) electrons. The van der Waals surface area contributed by atoms with Gasteiger partial charge in [-0.25, -0.2) is 4.68 Å². The van der Waals surface area contributed by atoms with Crippen LogP contribution in [0.5, 0.6) is 0 Å². The van der Waals surface area contributed by atoms with Gasteiger partial charge < -0.3 is 4.74 Å². The van der Waals surface area contributed by atoms with Crippen LogP contribution >= 0.6 is 23.1 Å². The Morgan fingerprint density at radius 2 is 2.43 bits per heavy atom. The summed E-state index contributed by atoms with van der Waals surface area (Å²) < 4.78 is 7.19. The van der Waals surface area contributed by atoms with Crippen molar-refractivity contribution in [2.75, 3.05) is 12.4 Å². The van der Waals surface area contributed by atoms with Gasteiger partial charge in [-0.15, -0.1) is 16.4 Å². The van der Waals surface area contributed by atoms with Gasteiger partial charge in [0, 0.05) is 6.61 Å². The number of hydrogen-bond donors (Lipinski definition) is 1. The van der Waals surface area contributed by atoms with E-state index in [1.807, 2.05) is 0 Å². The van der Waals surface area contributed by atoms with E-state index in [0.29, 0.717) is 16.6 Å². The van der Waals surface area contributed by atoms with Crippen molar-refractivity contribution in [2.45, 2.75) is 30.6 Å². The maximum Gasteiger partial charge on any atom is 0.267 e. The molecule has 2 aromatic rings. The first kappa shape index (κ1) is 16.1. The van der Waals surface area contributed by atoms with Crippen LogP contribution in [0.15, 0.2) is 22.7 Å². The van der Waals surface area contributed by atoms with Crippen LogP contribution in [0.3, 0.4) is 0 Å². The van der Waals surface area contributed by atoms with Gasteiger partial charge in [0.05, 0.1) is 23.3 Å². The van der Waals surface area contributed by atoms with E-state index in [4.69, 9.17) is 4.74 Å². The zero-order valence-electron chi connectivity index (χ0n) is 12.2. The third-order valence-electron chi connectivity index (χ3n) is 3.23. The van der Waals surface area contributed by atoms with Crippen molar-refractivity contribution in [3.05, 3.63) is 22.4 Å². The van der Waals surface area contributed by atoms with Crippen molar-refractivity contribution in [3.8, 4) is 0 Å². The fraction of sp³-hybridized carbons (Fsp3) is 0.462. The topological polar surface area (TPSA) is 99.0 Å². The Balaban J connectivity index is 1.49. The summed E-state index contributed by atoms with van der Waals surface area (Å²) in [5.74, 6) is -0.687. The van der Waals surface area contributed by atoms with Gasteiger partial charge in [-0.05, 0) is 34.7 Å². The first-order chi connectivity index (χ1) is 11.2. The monoisotopic (exact) mass is 353 g/mol. The molecule has 3 rings (SSSR count). The summed E-state index contributed by atoms with van der Waals surface area (Å²) in [7, 11) is 0. The second-order valence-corrected chi connectivity index (χ2v) is 6.81. The maximum atomic E-state index is 11.8. The predicted molar refractivity (Wildman–Crippen MR) is 84.3 cm³/mol. The number of nitrogens with zero attached hydrogens (tertiary/aromatic N) is 4. The van der Waals surface area contributed by atoms with Crippen LogP contribution < -0.4 is 5.32 Å². The molecule has 1 aliphatic heterocycles. The number of carbonyl (C=O) groups is 2. The molecule has 1 saturated heterocycles. The van der Waals surface area contributed by atoms with Crippen LogP contribution in [0.25, 0.3) is 0 Å². The third kappa shape index (κ3) is 4.36. The molecule has 3 heterocycles. The maximum absolute atomic E-state index is 11.8. The number of imide groups is 1. The van der Waals surface area contributed by atoms with Crippen molar-refractivity contribution in [2.24, 2.45) is 0 Å². The average Bonchev–Trinajstić information content (AvgIpc) is 3.29. The molecule has 8 nitrogen and oxygen atoms in total. The number of thioether (sulfide) groups is 1. The average molecular weight is 353 g/mol. The summed E-state index contributed by atoms with van der Waals surface area (Å²) >= 11 is 2.48. The Morgan fingerprint density at radius 3 is 3.17 bits per heavy atom. The molecule has 0 spiro atoms. The van der Waals surface area contributed by atoms with E-state index in [1.165, 1.54) is 23.1 Å². The van der Waals surface area contributed by atoms with Crippen molar-refractivity contribution >= 4 is 34.9 Å². The van der Waals surface area contributed by atoms with E-state index < -0.39 is 0 Å². The highest BCUT2D eigenvalue weighted by Gasteiger charge is 2.19. The van der Waals surface area contributed by atoms with Crippen molar-refractivity contribution in [1.29, 1.82) is 0 Å². The zero-order chi connectivity index (χ0) is 16.1. The highest BCUT2D eigenvalue weighted by Crippen LogP contribution is 2.18. The zero-order valence-corrected chi connectivity index (χ0v) is 13.8. The number of amides is 2. The van der Waals surface area contributed by atoms with Gasteiger partial charge in [0.25, 0.3) is 5.91 Å². The van der Waals surface area contributed by atoms with Gasteiger partial charge in [0.1, 0.15) is 0 Å². The van der Waals surface area contributed by atoms with Gasteiger partial charge in [-0.2, -0.15) is 0 Å². The Bertz CT molecular complexity index is 667. The number of ether oxygens (including phenoxy) is 1. The molecule has 2 aromatic heterocycles. The fourth-order valence-corrected chi connectivity index (χ4v) is 3.46. The van der Waals surface area contributed by atoms with E-state index in [-0.39, 0.29) is 23.7 Å². The molecule has 0 saturated carbocycles. The standard InChI is InChI=1S/C13H15N5O3S2/c19-11(14-12(20)10-4-2-6-22-10)8-23-13-15-16-17-18(13)7-9-3-1-5-21-9/h2,4,6,9H,1,3,5,7-8H2,(H,14,19,20)/t9-/m0/s1. The second kappa shape index (κ2) is 7.66. The lowest BCUT2D eigenvalue weighted by molar-refractivity contribution is -0.117. The minimum Gasteiger partial charge on any atom is -0.376 e.